The maximum Gasteiger partial charge on any atom is 0.332 e. The van der Waals surface area contributed by atoms with Gasteiger partial charge in [-0.05, 0) is 19.4 Å². The van der Waals surface area contributed by atoms with Crippen molar-refractivity contribution in [1.82, 2.24) is 18.7 Å². The number of hydrazone groups is 1. The second kappa shape index (κ2) is 6.63. The number of fused-ring (bicyclic) bond motifs is 3. The summed E-state index contributed by atoms with van der Waals surface area (Å²) >= 11 is 0. The van der Waals surface area contributed by atoms with Crippen LogP contribution < -0.4 is 16.3 Å². The van der Waals surface area contributed by atoms with Crippen molar-refractivity contribution in [2.45, 2.75) is 33.0 Å². The lowest BCUT2D eigenvalue weighted by Gasteiger charge is -2.29. The highest BCUT2D eigenvalue weighted by Gasteiger charge is 2.30. The maximum atomic E-state index is 13.1. The van der Waals surface area contributed by atoms with Crippen LogP contribution in [0, 0.1) is 0 Å². The Labute approximate surface area is 161 Å². The molecule has 0 spiro atoms. The predicted octanol–water partition coefficient (Wildman–Crippen LogP) is 2.04. The number of hydrogen-bond donors (Lipinski definition) is 0. The lowest BCUT2D eigenvalue weighted by molar-refractivity contribution is 0.629. The van der Waals surface area contributed by atoms with Gasteiger partial charge in [-0.3, -0.25) is 18.5 Å². The Hall–Kier alpha value is -3.42. The van der Waals surface area contributed by atoms with E-state index in [9.17, 15) is 9.59 Å². The van der Waals surface area contributed by atoms with Crippen molar-refractivity contribution in [3.8, 4) is 0 Å². The molecule has 1 aliphatic heterocycles. The normalized spacial score (nSPS) is 16.2. The molecule has 1 atom stereocenters. The fraction of sp³-hybridized carbons (Fsp3) is 0.300. The highest BCUT2D eigenvalue weighted by Crippen LogP contribution is 2.30. The number of nitrogens with zero attached hydrogens (tertiary/aromatic N) is 6. The van der Waals surface area contributed by atoms with Crippen LogP contribution in [0.25, 0.3) is 11.2 Å². The largest absolute Gasteiger partial charge is 0.332 e. The van der Waals surface area contributed by atoms with Gasteiger partial charge < -0.3 is 0 Å². The molecule has 0 saturated heterocycles. The zero-order valence-corrected chi connectivity index (χ0v) is 16.2. The van der Waals surface area contributed by atoms with Crippen molar-refractivity contribution >= 4 is 22.8 Å². The molecule has 0 fully saturated rings. The molecule has 1 unspecified atom stereocenters. The highest BCUT2D eigenvalue weighted by atomic mass is 16.2. The summed E-state index contributed by atoms with van der Waals surface area (Å²) in [7, 11) is 1.63. The van der Waals surface area contributed by atoms with E-state index in [-0.39, 0.29) is 18.1 Å². The molecule has 1 aliphatic rings. The summed E-state index contributed by atoms with van der Waals surface area (Å²) < 4.78 is 4.47. The van der Waals surface area contributed by atoms with E-state index < -0.39 is 5.69 Å². The fourth-order valence-corrected chi connectivity index (χ4v) is 3.54. The zero-order valence-electron chi connectivity index (χ0n) is 16.2. The number of aromatic nitrogens is 4. The van der Waals surface area contributed by atoms with Crippen LogP contribution >= 0.6 is 0 Å². The van der Waals surface area contributed by atoms with Crippen molar-refractivity contribution in [1.29, 1.82) is 0 Å². The van der Waals surface area contributed by atoms with Gasteiger partial charge in [0.25, 0.3) is 5.56 Å². The molecule has 4 rings (SSSR count). The quantitative estimate of drug-likeness (QED) is 0.651. The molecular formula is C20H22N6O2. The molecule has 2 aromatic heterocycles. The first-order valence-electron chi connectivity index (χ1n) is 9.13. The van der Waals surface area contributed by atoms with Gasteiger partial charge in [-0.15, -0.1) is 6.58 Å². The SMILES string of the molecule is C=CCn1c(=O)c2c(nc3n2C(C)C(C)=NN3Cc2ccccc2)n(C)c1=O. The van der Waals surface area contributed by atoms with Crippen LogP contribution in [0.15, 0.2) is 57.7 Å². The summed E-state index contributed by atoms with van der Waals surface area (Å²) in [5.74, 6) is 0.556. The summed E-state index contributed by atoms with van der Waals surface area (Å²) in [5, 5.41) is 6.47. The first-order valence-corrected chi connectivity index (χ1v) is 9.13. The Balaban J connectivity index is 1.99. The molecule has 28 heavy (non-hydrogen) atoms. The number of anilines is 1. The van der Waals surface area contributed by atoms with Gasteiger partial charge in [0.2, 0.25) is 5.95 Å². The molecular weight excluding hydrogens is 356 g/mol. The van der Waals surface area contributed by atoms with Gasteiger partial charge in [-0.1, -0.05) is 36.4 Å². The first kappa shape index (κ1) is 18.0. The molecule has 8 heteroatoms. The smallest absolute Gasteiger partial charge is 0.294 e. The van der Waals surface area contributed by atoms with Crippen molar-refractivity contribution in [3.05, 3.63) is 69.4 Å². The molecule has 0 bridgehead atoms. The van der Waals surface area contributed by atoms with Gasteiger partial charge in [0.15, 0.2) is 11.2 Å². The molecule has 8 nitrogen and oxygen atoms in total. The number of hydrogen-bond acceptors (Lipinski definition) is 5. The van der Waals surface area contributed by atoms with Crippen LogP contribution in [0.4, 0.5) is 5.95 Å². The maximum absolute atomic E-state index is 13.1. The van der Waals surface area contributed by atoms with E-state index in [4.69, 9.17) is 0 Å². The van der Waals surface area contributed by atoms with E-state index in [0.717, 1.165) is 11.3 Å². The third-order valence-electron chi connectivity index (χ3n) is 5.15. The van der Waals surface area contributed by atoms with Gasteiger partial charge in [0.1, 0.15) is 0 Å². The minimum Gasteiger partial charge on any atom is -0.294 e. The standard InChI is InChI=1S/C20H22N6O2/c1-5-11-24-18(27)16-17(23(4)20(24)28)21-19-25(12-15-9-7-6-8-10-15)22-13(2)14(3)26(16)19/h5-10,14H,1,11-12H2,2-4H3. The Morgan fingerprint density at radius 3 is 2.61 bits per heavy atom. The zero-order chi connectivity index (χ0) is 20.0. The van der Waals surface area contributed by atoms with Crippen molar-refractivity contribution < 1.29 is 0 Å². The van der Waals surface area contributed by atoms with Gasteiger partial charge >= 0.3 is 5.69 Å². The van der Waals surface area contributed by atoms with Crippen LogP contribution in [0.5, 0.6) is 0 Å². The monoisotopic (exact) mass is 378 g/mol. The lowest BCUT2D eigenvalue weighted by atomic mass is 10.2. The molecule has 1 aromatic carbocycles. The molecule has 144 valence electrons. The second-order valence-corrected chi connectivity index (χ2v) is 6.96. The average molecular weight is 378 g/mol. The number of imidazole rings is 1. The van der Waals surface area contributed by atoms with Crippen LogP contribution in [0.3, 0.4) is 0 Å². The number of benzene rings is 1. The number of rotatable bonds is 4. The third kappa shape index (κ3) is 2.60. The highest BCUT2D eigenvalue weighted by molar-refractivity contribution is 5.91. The van der Waals surface area contributed by atoms with Crippen molar-refractivity contribution in [3.63, 3.8) is 0 Å². The van der Waals surface area contributed by atoms with E-state index in [2.05, 4.69) is 16.7 Å². The van der Waals surface area contributed by atoms with E-state index in [1.54, 1.807) is 18.1 Å². The van der Waals surface area contributed by atoms with Crippen LogP contribution in [0.2, 0.25) is 0 Å². The van der Waals surface area contributed by atoms with Crippen LogP contribution in [-0.4, -0.2) is 24.4 Å². The Morgan fingerprint density at radius 2 is 1.93 bits per heavy atom. The summed E-state index contributed by atoms with van der Waals surface area (Å²) in [5.41, 5.74) is 1.93. The Kier molecular flexibility index (Phi) is 4.26. The third-order valence-corrected chi connectivity index (χ3v) is 5.15. The lowest BCUT2D eigenvalue weighted by Crippen LogP contribution is -2.40. The summed E-state index contributed by atoms with van der Waals surface area (Å²) in [4.78, 5) is 30.4. The first-order chi connectivity index (χ1) is 13.4. The minimum atomic E-state index is -0.409. The van der Waals surface area contributed by atoms with Crippen molar-refractivity contribution in [2.24, 2.45) is 12.1 Å². The van der Waals surface area contributed by atoms with Gasteiger partial charge in [0, 0.05) is 13.6 Å². The summed E-state index contributed by atoms with van der Waals surface area (Å²) in [6.45, 7) is 8.23. The average Bonchev–Trinajstić information content (AvgIpc) is 3.10. The minimum absolute atomic E-state index is 0.144. The Bertz CT molecular complexity index is 1220. The Morgan fingerprint density at radius 1 is 1.21 bits per heavy atom. The van der Waals surface area contributed by atoms with E-state index >= 15 is 0 Å². The van der Waals surface area contributed by atoms with Gasteiger partial charge in [-0.2, -0.15) is 10.1 Å². The second-order valence-electron chi connectivity index (χ2n) is 6.96. The summed E-state index contributed by atoms with van der Waals surface area (Å²) in [6, 6.07) is 9.79. The summed E-state index contributed by atoms with van der Waals surface area (Å²) in [6.07, 6.45) is 1.54. The van der Waals surface area contributed by atoms with E-state index in [0.29, 0.717) is 23.7 Å². The molecule has 0 amide bonds. The van der Waals surface area contributed by atoms with Gasteiger partial charge in [-0.25, -0.2) is 9.80 Å². The molecule has 0 radical (unpaired) electrons. The van der Waals surface area contributed by atoms with Crippen LogP contribution in [-0.2, 0) is 20.1 Å². The molecule has 0 saturated carbocycles. The topological polar surface area (TPSA) is 77.4 Å². The molecule has 0 N–H and O–H groups in total. The number of aryl methyl sites for hydroxylation is 1. The molecule has 3 aromatic rings. The van der Waals surface area contributed by atoms with Crippen molar-refractivity contribution in [2.75, 3.05) is 5.01 Å². The number of allylic oxidation sites excluding steroid dienone is 1. The fourth-order valence-electron chi connectivity index (χ4n) is 3.54. The van der Waals surface area contributed by atoms with Crippen LogP contribution in [0.1, 0.15) is 25.5 Å². The molecule has 3 heterocycles. The molecule has 0 aliphatic carbocycles. The van der Waals surface area contributed by atoms with Gasteiger partial charge in [0.05, 0.1) is 18.3 Å². The van der Waals surface area contributed by atoms with E-state index in [1.807, 2.05) is 48.7 Å². The predicted molar refractivity (Wildman–Crippen MR) is 110 cm³/mol. The van der Waals surface area contributed by atoms with E-state index in [1.165, 1.54) is 9.13 Å².